The Morgan fingerprint density at radius 3 is 2.11 bits per heavy atom. The lowest BCUT2D eigenvalue weighted by Gasteiger charge is -2.22. The summed E-state index contributed by atoms with van der Waals surface area (Å²) in [5.41, 5.74) is 7.97. The van der Waals surface area contributed by atoms with Gasteiger partial charge in [0.2, 0.25) is 11.9 Å². The smallest absolute Gasteiger partial charge is 0.275 e. The first-order valence-electron chi connectivity index (χ1n) is 10.8. The number of nitrogens with two attached hydrogens (primary N) is 1. The van der Waals surface area contributed by atoms with Gasteiger partial charge in [-0.2, -0.15) is 15.0 Å². The number of phenolic OH excluding ortho intramolecular Hbond substituents is 1. The van der Waals surface area contributed by atoms with Crippen molar-refractivity contribution in [3.05, 3.63) is 96.6 Å². The minimum atomic E-state index is -0.00173. The summed E-state index contributed by atoms with van der Waals surface area (Å²) in [7, 11) is 0. The van der Waals surface area contributed by atoms with Crippen LogP contribution in [0.4, 0.5) is 23.5 Å². The monoisotopic (exact) mass is 463 g/mol. The number of nitrogens with zero attached hydrogens (tertiary/aromatic N) is 8. The highest BCUT2D eigenvalue weighted by Gasteiger charge is 2.16. The molecule has 0 unspecified atom stereocenters. The van der Waals surface area contributed by atoms with Crippen LogP contribution in [0.2, 0.25) is 0 Å². The van der Waals surface area contributed by atoms with E-state index in [1.165, 1.54) is 0 Å². The Morgan fingerprint density at radius 1 is 0.743 bits per heavy atom. The average Bonchev–Trinajstić information content (AvgIpc) is 2.89. The predicted octanol–water partition coefficient (Wildman–Crippen LogP) is 4.72. The zero-order chi connectivity index (χ0) is 24.0. The molecule has 0 spiro atoms. The van der Waals surface area contributed by atoms with Crippen LogP contribution >= 0.6 is 0 Å². The molecule has 10 nitrogen and oxygen atoms in total. The van der Waals surface area contributed by atoms with Gasteiger partial charge in [0.15, 0.2) is 0 Å². The molecule has 0 saturated carbocycles. The summed E-state index contributed by atoms with van der Waals surface area (Å²) in [6, 6.07) is 22.3. The van der Waals surface area contributed by atoms with Crippen LogP contribution in [0, 0.1) is 0 Å². The molecule has 0 atom stereocenters. The van der Waals surface area contributed by atoms with Gasteiger partial charge in [0, 0.05) is 17.8 Å². The van der Waals surface area contributed by atoms with Gasteiger partial charge in [-0.1, -0.05) is 42.5 Å². The molecule has 2 aromatic carbocycles. The molecule has 0 saturated heterocycles. The average molecular weight is 464 g/mol. The zero-order valence-electron chi connectivity index (χ0n) is 18.6. The Kier molecular flexibility index (Phi) is 6.16. The van der Waals surface area contributed by atoms with Crippen LogP contribution in [0.1, 0.15) is 11.4 Å². The van der Waals surface area contributed by atoms with Crippen molar-refractivity contribution in [2.45, 2.75) is 13.1 Å². The maximum absolute atomic E-state index is 10.4. The van der Waals surface area contributed by atoms with Gasteiger partial charge in [-0.05, 0) is 35.7 Å². The molecule has 35 heavy (non-hydrogen) atoms. The van der Waals surface area contributed by atoms with Crippen LogP contribution in [-0.4, -0.2) is 30.0 Å². The fraction of sp³-hybridized carbons (Fsp3) is 0.0800. The van der Waals surface area contributed by atoms with E-state index in [4.69, 9.17) is 5.73 Å². The Hall–Kier alpha value is -4.99. The maximum atomic E-state index is 10.4. The fourth-order valence-electron chi connectivity index (χ4n) is 3.57. The number of rotatable bonds is 7. The number of nitrogen functional groups attached to an aromatic ring is 1. The summed E-state index contributed by atoms with van der Waals surface area (Å²) in [6.07, 6.45) is 3.46. The van der Waals surface area contributed by atoms with Crippen molar-refractivity contribution in [1.82, 2.24) is 24.9 Å². The minimum Gasteiger partial charge on any atom is -0.506 e. The van der Waals surface area contributed by atoms with E-state index in [9.17, 15) is 5.11 Å². The number of aromatic hydroxyl groups is 1. The summed E-state index contributed by atoms with van der Waals surface area (Å²) in [5, 5.41) is 20.4. The van der Waals surface area contributed by atoms with E-state index in [1.54, 1.807) is 18.5 Å². The van der Waals surface area contributed by atoms with Crippen LogP contribution in [0.3, 0.4) is 0 Å². The molecule has 0 fully saturated rings. The molecule has 0 bridgehead atoms. The third-order valence-corrected chi connectivity index (χ3v) is 5.19. The van der Waals surface area contributed by atoms with Crippen LogP contribution in [0.25, 0.3) is 10.8 Å². The second-order valence-electron chi connectivity index (χ2n) is 7.65. The van der Waals surface area contributed by atoms with E-state index in [0.717, 1.165) is 22.2 Å². The van der Waals surface area contributed by atoms with Crippen LogP contribution in [0.15, 0.2) is 95.4 Å². The number of pyridine rings is 2. The summed E-state index contributed by atoms with van der Waals surface area (Å²) in [6.45, 7) is 0.836. The molecule has 0 radical (unpaired) electrons. The Labute approximate surface area is 200 Å². The lowest BCUT2D eigenvalue weighted by atomic mass is 10.1. The van der Waals surface area contributed by atoms with Gasteiger partial charge in [0.25, 0.3) is 5.95 Å². The zero-order valence-corrected chi connectivity index (χ0v) is 18.6. The normalized spacial score (nSPS) is 11.2. The Balaban J connectivity index is 1.50. The van der Waals surface area contributed by atoms with Gasteiger partial charge in [-0.3, -0.25) is 9.97 Å². The molecule has 5 rings (SSSR count). The third kappa shape index (κ3) is 5.17. The van der Waals surface area contributed by atoms with Crippen LogP contribution < -0.4 is 10.6 Å². The lowest BCUT2D eigenvalue weighted by molar-refractivity contribution is 0.477. The molecule has 3 heterocycles. The lowest BCUT2D eigenvalue weighted by Crippen LogP contribution is -2.25. The number of aromatic nitrogens is 5. The molecule has 3 N–H and O–H groups in total. The molecule has 0 aliphatic rings. The maximum Gasteiger partial charge on any atom is 0.275 e. The summed E-state index contributed by atoms with van der Waals surface area (Å²) in [4.78, 5) is 23.6. The largest absolute Gasteiger partial charge is 0.506 e. The number of phenols is 1. The molecule has 5 aromatic rings. The van der Waals surface area contributed by atoms with E-state index in [1.807, 2.05) is 71.6 Å². The molecule has 0 amide bonds. The molecular weight excluding hydrogens is 442 g/mol. The van der Waals surface area contributed by atoms with E-state index in [2.05, 4.69) is 35.1 Å². The van der Waals surface area contributed by atoms with Gasteiger partial charge in [0.1, 0.15) is 11.4 Å². The number of hydrogen-bond acceptors (Lipinski definition) is 10. The predicted molar refractivity (Wildman–Crippen MR) is 132 cm³/mol. The van der Waals surface area contributed by atoms with Crippen molar-refractivity contribution in [3.63, 3.8) is 0 Å². The Bertz CT molecular complexity index is 1440. The van der Waals surface area contributed by atoms with Crippen molar-refractivity contribution < 1.29 is 5.11 Å². The van der Waals surface area contributed by atoms with Crippen LogP contribution in [0.5, 0.6) is 5.75 Å². The number of azo groups is 1. The van der Waals surface area contributed by atoms with Crippen molar-refractivity contribution in [2.75, 3.05) is 10.6 Å². The van der Waals surface area contributed by atoms with Crippen molar-refractivity contribution in [2.24, 2.45) is 10.2 Å². The topological polar surface area (TPSA) is 139 Å². The number of anilines is 2. The molecule has 172 valence electrons. The fourth-order valence-corrected chi connectivity index (χ4v) is 3.57. The number of benzene rings is 2. The van der Waals surface area contributed by atoms with Gasteiger partial charge in [0.05, 0.1) is 24.5 Å². The minimum absolute atomic E-state index is 0.00151. The number of fused-ring (bicyclic) bond motifs is 1. The molecule has 3 aromatic heterocycles. The first-order chi connectivity index (χ1) is 17.2. The van der Waals surface area contributed by atoms with Crippen molar-refractivity contribution in [1.29, 1.82) is 0 Å². The van der Waals surface area contributed by atoms with Gasteiger partial charge in [-0.25, -0.2) is 0 Å². The van der Waals surface area contributed by atoms with Crippen molar-refractivity contribution in [3.8, 4) is 5.75 Å². The van der Waals surface area contributed by atoms with Gasteiger partial charge < -0.3 is 15.7 Å². The highest BCUT2D eigenvalue weighted by atomic mass is 16.3. The van der Waals surface area contributed by atoms with E-state index < -0.39 is 0 Å². The number of hydrogen-bond donors (Lipinski definition) is 2. The summed E-state index contributed by atoms with van der Waals surface area (Å²) >= 11 is 0. The Morgan fingerprint density at radius 2 is 1.43 bits per heavy atom. The van der Waals surface area contributed by atoms with E-state index >= 15 is 0 Å². The molecule has 0 aliphatic heterocycles. The molecule has 0 aliphatic carbocycles. The summed E-state index contributed by atoms with van der Waals surface area (Å²) in [5.74, 6) is 0.330. The SMILES string of the molecule is Nc1nc(N=Nc2c(O)ccc3ccccc23)nc(N(Cc2ccccn2)Cc2ccccn2)n1. The summed E-state index contributed by atoms with van der Waals surface area (Å²) < 4.78 is 0. The van der Waals surface area contributed by atoms with E-state index in [-0.39, 0.29) is 17.6 Å². The second-order valence-corrected chi connectivity index (χ2v) is 7.65. The van der Waals surface area contributed by atoms with Crippen LogP contribution in [-0.2, 0) is 13.1 Å². The standard InChI is InChI=1S/C25H21N9O/c26-23-29-24(33-32-22-20-10-2-1-7-17(20)11-12-21(22)35)31-25(30-23)34(15-18-8-3-5-13-27-18)16-19-9-4-6-14-28-19/h1-14,35H,15-16H2,(H2,26,29,30,31). The van der Waals surface area contributed by atoms with E-state index in [0.29, 0.717) is 24.7 Å². The van der Waals surface area contributed by atoms with Crippen molar-refractivity contribution >= 4 is 34.3 Å². The quantitative estimate of drug-likeness (QED) is 0.330. The second kappa shape index (κ2) is 9.87. The highest BCUT2D eigenvalue weighted by molar-refractivity contribution is 5.95. The van der Waals surface area contributed by atoms with Gasteiger partial charge in [-0.15, -0.1) is 10.2 Å². The van der Waals surface area contributed by atoms with Gasteiger partial charge >= 0.3 is 0 Å². The molecular formula is C25H21N9O. The molecule has 10 heteroatoms. The third-order valence-electron chi connectivity index (χ3n) is 5.19. The highest BCUT2D eigenvalue weighted by Crippen LogP contribution is 2.35. The first kappa shape index (κ1) is 21.8. The first-order valence-corrected chi connectivity index (χ1v) is 10.8.